The van der Waals surface area contributed by atoms with Gasteiger partial charge in [-0.05, 0) is 32.4 Å². The first-order chi connectivity index (χ1) is 6.04. The summed E-state index contributed by atoms with van der Waals surface area (Å²) in [5, 5.41) is 9.32. The van der Waals surface area contributed by atoms with Gasteiger partial charge in [0.2, 0.25) is 0 Å². The average molecular weight is 187 g/mol. The minimum atomic E-state index is 0.306. The molecule has 1 N–H and O–H groups in total. The van der Waals surface area contributed by atoms with E-state index in [9.17, 15) is 5.11 Å². The van der Waals surface area contributed by atoms with Crippen molar-refractivity contribution in [1.29, 1.82) is 0 Å². The molecule has 0 saturated heterocycles. The molecule has 2 unspecified atom stereocenters. The third-order valence-electron chi connectivity index (χ3n) is 2.81. The Labute approximate surface area is 82.9 Å². The molecule has 2 atom stereocenters. The van der Waals surface area contributed by atoms with E-state index in [0.29, 0.717) is 24.5 Å². The fourth-order valence-corrected chi connectivity index (χ4v) is 1.93. The highest BCUT2D eigenvalue weighted by Gasteiger charge is 2.24. The van der Waals surface area contributed by atoms with Gasteiger partial charge >= 0.3 is 0 Å². The molecule has 0 fully saturated rings. The number of hydrogen-bond acceptors (Lipinski definition) is 2. The number of aliphatic hydroxyl groups is 1. The maximum atomic E-state index is 9.32. The van der Waals surface area contributed by atoms with E-state index in [0.717, 1.165) is 0 Å². The van der Waals surface area contributed by atoms with E-state index >= 15 is 0 Å². The summed E-state index contributed by atoms with van der Waals surface area (Å²) in [7, 11) is 4.21. The third-order valence-corrected chi connectivity index (χ3v) is 2.81. The quantitative estimate of drug-likeness (QED) is 0.687. The summed E-state index contributed by atoms with van der Waals surface area (Å²) in [6.07, 6.45) is 2.36. The highest BCUT2D eigenvalue weighted by atomic mass is 16.3. The third kappa shape index (κ3) is 4.10. The lowest BCUT2D eigenvalue weighted by Gasteiger charge is -2.33. The van der Waals surface area contributed by atoms with Gasteiger partial charge in [-0.15, -0.1) is 0 Å². The molecular formula is C11H25NO. The Kier molecular flexibility index (Phi) is 6.35. The normalized spacial score (nSPS) is 16.6. The number of aliphatic hydroxyl groups excluding tert-OH is 1. The smallest absolute Gasteiger partial charge is 0.0476 e. The van der Waals surface area contributed by atoms with Gasteiger partial charge in [0.25, 0.3) is 0 Å². The largest absolute Gasteiger partial charge is 0.396 e. The summed E-state index contributed by atoms with van der Waals surface area (Å²) in [6, 6.07) is 0.523. The van der Waals surface area contributed by atoms with Crippen molar-refractivity contribution >= 4 is 0 Å². The summed E-state index contributed by atoms with van der Waals surface area (Å²) < 4.78 is 0. The predicted molar refractivity (Wildman–Crippen MR) is 57.8 cm³/mol. The van der Waals surface area contributed by atoms with Gasteiger partial charge in [0.15, 0.2) is 0 Å². The van der Waals surface area contributed by atoms with Crippen molar-refractivity contribution in [3.05, 3.63) is 0 Å². The molecule has 0 saturated carbocycles. The summed E-state index contributed by atoms with van der Waals surface area (Å²) in [5.74, 6) is 0.971. The Morgan fingerprint density at radius 3 is 2.00 bits per heavy atom. The Bertz CT molecular complexity index is 123. The zero-order valence-corrected chi connectivity index (χ0v) is 9.75. The van der Waals surface area contributed by atoms with Crippen molar-refractivity contribution in [2.45, 2.75) is 39.7 Å². The number of rotatable bonds is 6. The van der Waals surface area contributed by atoms with Crippen LogP contribution in [0.25, 0.3) is 0 Å². The lowest BCUT2D eigenvalue weighted by Crippen LogP contribution is -2.39. The van der Waals surface area contributed by atoms with Crippen LogP contribution in [0, 0.1) is 11.8 Å². The SMILES string of the molecule is CCCC(C(CO)C(C)C)N(C)C. The molecule has 2 nitrogen and oxygen atoms in total. The fraction of sp³-hybridized carbons (Fsp3) is 1.00. The molecule has 0 radical (unpaired) electrons. The van der Waals surface area contributed by atoms with Crippen molar-refractivity contribution in [2.75, 3.05) is 20.7 Å². The van der Waals surface area contributed by atoms with Crippen molar-refractivity contribution in [3.8, 4) is 0 Å². The van der Waals surface area contributed by atoms with Crippen molar-refractivity contribution in [3.63, 3.8) is 0 Å². The van der Waals surface area contributed by atoms with Crippen LogP contribution in [-0.4, -0.2) is 36.8 Å². The second kappa shape index (κ2) is 6.39. The molecule has 0 amide bonds. The van der Waals surface area contributed by atoms with Gasteiger partial charge < -0.3 is 10.0 Å². The van der Waals surface area contributed by atoms with Gasteiger partial charge in [-0.1, -0.05) is 27.2 Å². The maximum Gasteiger partial charge on any atom is 0.0476 e. The van der Waals surface area contributed by atoms with Gasteiger partial charge in [0, 0.05) is 12.6 Å². The van der Waals surface area contributed by atoms with Crippen LogP contribution in [0.2, 0.25) is 0 Å². The van der Waals surface area contributed by atoms with Crippen molar-refractivity contribution < 1.29 is 5.11 Å². The molecule has 0 aliphatic rings. The minimum Gasteiger partial charge on any atom is -0.396 e. The van der Waals surface area contributed by atoms with E-state index in [1.165, 1.54) is 12.8 Å². The first-order valence-corrected chi connectivity index (χ1v) is 5.31. The molecule has 13 heavy (non-hydrogen) atoms. The molecule has 0 spiro atoms. The summed E-state index contributed by atoms with van der Waals surface area (Å²) in [6.45, 7) is 6.88. The van der Waals surface area contributed by atoms with Crippen LogP contribution < -0.4 is 0 Å². The molecule has 0 aliphatic heterocycles. The molecular weight excluding hydrogens is 162 g/mol. The summed E-state index contributed by atoms with van der Waals surface area (Å²) in [4.78, 5) is 2.24. The van der Waals surface area contributed by atoms with E-state index < -0.39 is 0 Å². The monoisotopic (exact) mass is 187 g/mol. The van der Waals surface area contributed by atoms with Crippen LogP contribution in [0.5, 0.6) is 0 Å². The lowest BCUT2D eigenvalue weighted by atomic mass is 9.86. The topological polar surface area (TPSA) is 23.5 Å². The Balaban J connectivity index is 4.29. The minimum absolute atomic E-state index is 0.306. The van der Waals surface area contributed by atoms with E-state index in [-0.39, 0.29) is 0 Å². The molecule has 0 aliphatic carbocycles. The summed E-state index contributed by atoms with van der Waals surface area (Å²) >= 11 is 0. The Hall–Kier alpha value is -0.0800. The van der Waals surface area contributed by atoms with Gasteiger partial charge in [0.1, 0.15) is 0 Å². The predicted octanol–water partition coefficient (Wildman–Crippen LogP) is 1.98. The van der Waals surface area contributed by atoms with Crippen molar-refractivity contribution in [2.24, 2.45) is 11.8 Å². The molecule has 0 aromatic rings. The maximum absolute atomic E-state index is 9.32. The first-order valence-electron chi connectivity index (χ1n) is 5.31. The van der Waals surface area contributed by atoms with Crippen LogP contribution in [0.15, 0.2) is 0 Å². The van der Waals surface area contributed by atoms with Crippen LogP contribution in [0.1, 0.15) is 33.6 Å². The van der Waals surface area contributed by atoms with Gasteiger partial charge in [-0.2, -0.15) is 0 Å². The van der Waals surface area contributed by atoms with Gasteiger partial charge in [-0.25, -0.2) is 0 Å². The second-order valence-corrected chi connectivity index (χ2v) is 4.41. The van der Waals surface area contributed by atoms with Crippen molar-refractivity contribution in [1.82, 2.24) is 4.90 Å². The molecule has 2 heteroatoms. The number of nitrogens with zero attached hydrogens (tertiary/aromatic N) is 1. The Morgan fingerprint density at radius 1 is 1.23 bits per heavy atom. The van der Waals surface area contributed by atoms with Crippen LogP contribution in [0.4, 0.5) is 0 Å². The van der Waals surface area contributed by atoms with E-state index in [2.05, 4.69) is 39.8 Å². The molecule has 0 bridgehead atoms. The fourth-order valence-electron chi connectivity index (χ4n) is 1.93. The lowest BCUT2D eigenvalue weighted by molar-refractivity contribution is 0.0944. The first kappa shape index (κ1) is 12.9. The summed E-state index contributed by atoms with van der Waals surface area (Å²) in [5.41, 5.74) is 0. The van der Waals surface area contributed by atoms with E-state index in [1.807, 2.05) is 0 Å². The van der Waals surface area contributed by atoms with Crippen LogP contribution in [-0.2, 0) is 0 Å². The Morgan fingerprint density at radius 2 is 1.77 bits per heavy atom. The second-order valence-electron chi connectivity index (χ2n) is 4.41. The molecule has 0 aromatic heterocycles. The highest BCUT2D eigenvalue weighted by Crippen LogP contribution is 2.21. The standard InChI is InChI=1S/C11H25NO/c1-6-7-11(12(4)5)10(8-13)9(2)3/h9-11,13H,6-8H2,1-5H3. The van der Waals surface area contributed by atoms with Crippen LogP contribution >= 0.6 is 0 Å². The zero-order chi connectivity index (χ0) is 10.4. The molecule has 0 aromatic carbocycles. The van der Waals surface area contributed by atoms with E-state index in [4.69, 9.17) is 0 Å². The van der Waals surface area contributed by atoms with E-state index in [1.54, 1.807) is 0 Å². The molecule has 80 valence electrons. The van der Waals surface area contributed by atoms with Gasteiger partial charge in [0.05, 0.1) is 0 Å². The molecule has 0 heterocycles. The highest BCUT2D eigenvalue weighted by molar-refractivity contribution is 4.77. The van der Waals surface area contributed by atoms with Crippen LogP contribution in [0.3, 0.4) is 0 Å². The average Bonchev–Trinajstić information content (AvgIpc) is 2.03. The van der Waals surface area contributed by atoms with Gasteiger partial charge in [-0.3, -0.25) is 0 Å². The number of hydrogen-bond donors (Lipinski definition) is 1. The zero-order valence-electron chi connectivity index (χ0n) is 9.75. The molecule has 0 rings (SSSR count).